The van der Waals surface area contributed by atoms with Gasteiger partial charge in [-0.2, -0.15) is 5.06 Å². The van der Waals surface area contributed by atoms with E-state index in [2.05, 4.69) is 5.32 Å². The number of nitrogens with zero attached hydrogens (tertiary/aromatic N) is 1. The number of nitrogens with one attached hydrogen (secondary N) is 1. The van der Waals surface area contributed by atoms with Crippen LogP contribution in [0, 0.1) is 19.7 Å². The number of rotatable bonds is 4. The van der Waals surface area contributed by atoms with Crippen LogP contribution in [0.15, 0.2) is 42.2 Å². The molecule has 2 aromatic carbocycles. The Hall–Kier alpha value is -2.70. The summed E-state index contributed by atoms with van der Waals surface area (Å²) in [5.74, 6) is -0.425. The fourth-order valence-electron chi connectivity index (χ4n) is 4.63. The Morgan fingerprint density at radius 1 is 1.13 bits per heavy atom. The highest BCUT2D eigenvalue weighted by Crippen LogP contribution is 2.42. The molecule has 30 heavy (non-hydrogen) atoms. The second-order valence-corrected chi connectivity index (χ2v) is 8.04. The van der Waals surface area contributed by atoms with Crippen molar-refractivity contribution in [3.63, 3.8) is 0 Å². The molecule has 2 aliphatic heterocycles. The second-order valence-electron chi connectivity index (χ2n) is 8.04. The van der Waals surface area contributed by atoms with Crippen LogP contribution < -0.4 is 5.32 Å². The Morgan fingerprint density at radius 3 is 2.43 bits per heavy atom. The normalized spacial score (nSPS) is 18.9. The highest BCUT2D eigenvalue weighted by Gasteiger charge is 2.48. The van der Waals surface area contributed by atoms with Crippen molar-refractivity contribution in [1.82, 2.24) is 10.4 Å². The van der Waals surface area contributed by atoms with Crippen molar-refractivity contribution in [2.75, 3.05) is 19.7 Å². The van der Waals surface area contributed by atoms with Gasteiger partial charge in [0.25, 0.3) is 5.91 Å². The van der Waals surface area contributed by atoms with Crippen LogP contribution in [0.3, 0.4) is 0 Å². The molecule has 0 unspecified atom stereocenters. The number of carbonyl (C=O) groups is 1. The van der Waals surface area contributed by atoms with Gasteiger partial charge in [0, 0.05) is 13.1 Å². The lowest BCUT2D eigenvalue weighted by Gasteiger charge is -2.38. The fourth-order valence-corrected chi connectivity index (χ4v) is 4.63. The fraction of sp³-hybridized carbons (Fsp3) is 0.375. The topological polar surface area (TPSA) is 61.8 Å². The van der Waals surface area contributed by atoms with Gasteiger partial charge >= 0.3 is 0 Å². The third kappa shape index (κ3) is 3.40. The third-order valence-electron chi connectivity index (χ3n) is 6.24. The predicted octanol–water partition coefficient (Wildman–Crippen LogP) is 4.29. The van der Waals surface area contributed by atoms with E-state index in [1.807, 2.05) is 38.0 Å². The molecule has 1 fully saturated rings. The van der Waals surface area contributed by atoms with Gasteiger partial charge in [0.15, 0.2) is 0 Å². The maximum absolute atomic E-state index is 13.4. The summed E-state index contributed by atoms with van der Waals surface area (Å²) in [6, 6.07) is 10.2. The maximum atomic E-state index is 13.4. The van der Waals surface area contributed by atoms with Gasteiger partial charge in [-0.3, -0.25) is 9.63 Å². The van der Waals surface area contributed by atoms with E-state index in [9.17, 15) is 14.3 Å². The van der Waals surface area contributed by atoms with Gasteiger partial charge in [-0.15, -0.1) is 0 Å². The highest BCUT2D eigenvalue weighted by molar-refractivity contribution is 6.24. The Bertz CT molecular complexity index is 1010. The predicted molar refractivity (Wildman–Crippen MR) is 114 cm³/mol. The Morgan fingerprint density at radius 2 is 1.80 bits per heavy atom. The van der Waals surface area contributed by atoms with Crippen molar-refractivity contribution in [1.29, 1.82) is 0 Å². The Kier molecular flexibility index (Phi) is 5.38. The number of benzene rings is 2. The molecule has 0 bridgehead atoms. The average Bonchev–Trinajstić information content (AvgIpc) is 2.95. The second kappa shape index (κ2) is 7.85. The van der Waals surface area contributed by atoms with Gasteiger partial charge in [-0.1, -0.05) is 24.3 Å². The SMILES string of the molecule is CCON1CCC2(CC1)NC(=O)C(c1c(C)ccc(-c3ccc(F)cc3)c1C)=C2O. The van der Waals surface area contributed by atoms with E-state index in [-0.39, 0.29) is 17.5 Å². The molecule has 6 heteroatoms. The molecule has 5 nitrogen and oxygen atoms in total. The molecule has 2 aliphatic rings. The minimum Gasteiger partial charge on any atom is -0.509 e. The molecule has 2 N–H and O–H groups in total. The van der Waals surface area contributed by atoms with Gasteiger partial charge in [-0.25, -0.2) is 4.39 Å². The quantitative estimate of drug-likeness (QED) is 0.789. The van der Waals surface area contributed by atoms with Crippen LogP contribution in [0.2, 0.25) is 0 Å². The number of piperidine rings is 1. The molecule has 158 valence electrons. The lowest BCUT2D eigenvalue weighted by molar-refractivity contribution is -0.172. The zero-order valence-electron chi connectivity index (χ0n) is 17.6. The summed E-state index contributed by atoms with van der Waals surface area (Å²) in [6.45, 7) is 7.69. The molecule has 0 atom stereocenters. The van der Waals surface area contributed by atoms with Gasteiger partial charge in [0.1, 0.15) is 17.1 Å². The summed E-state index contributed by atoms with van der Waals surface area (Å²) < 4.78 is 13.4. The standard InChI is InChI=1S/C24H27FN2O3/c1-4-30-27-13-11-24(12-14-27)22(28)21(23(29)26-24)20-15(2)5-10-19(16(20)3)17-6-8-18(25)9-7-17/h5-10,28H,4,11-14H2,1-3H3,(H,26,29). The number of halogens is 1. The van der Waals surface area contributed by atoms with Crippen LogP contribution in [-0.4, -0.2) is 41.3 Å². The molecule has 0 aromatic heterocycles. The smallest absolute Gasteiger partial charge is 0.256 e. The van der Waals surface area contributed by atoms with E-state index in [1.165, 1.54) is 12.1 Å². The first-order valence-corrected chi connectivity index (χ1v) is 10.4. The summed E-state index contributed by atoms with van der Waals surface area (Å²) in [7, 11) is 0. The number of aryl methyl sites for hydroxylation is 1. The molecule has 2 heterocycles. The Labute approximate surface area is 176 Å². The number of carbonyl (C=O) groups excluding carboxylic acids is 1. The van der Waals surface area contributed by atoms with Crippen molar-refractivity contribution >= 4 is 11.5 Å². The van der Waals surface area contributed by atoms with Crippen LogP contribution in [-0.2, 0) is 9.63 Å². The van der Waals surface area contributed by atoms with E-state index >= 15 is 0 Å². The molecule has 4 rings (SSSR count). The molecule has 0 radical (unpaired) electrons. The molecule has 1 saturated heterocycles. The number of hydrogen-bond donors (Lipinski definition) is 2. The first-order valence-electron chi connectivity index (χ1n) is 10.4. The summed E-state index contributed by atoms with van der Waals surface area (Å²) in [4.78, 5) is 18.6. The first-order chi connectivity index (χ1) is 14.4. The number of hydroxylamine groups is 2. The summed E-state index contributed by atoms with van der Waals surface area (Å²) in [5.41, 5.74) is 3.94. The monoisotopic (exact) mass is 410 g/mol. The number of aliphatic hydroxyl groups is 1. The molecule has 1 amide bonds. The average molecular weight is 410 g/mol. The van der Waals surface area contributed by atoms with E-state index in [0.29, 0.717) is 38.1 Å². The highest BCUT2D eigenvalue weighted by atomic mass is 19.1. The van der Waals surface area contributed by atoms with E-state index < -0.39 is 5.54 Å². The minimum absolute atomic E-state index is 0.117. The van der Waals surface area contributed by atoms with Crippen LogP contribution in [0.1, 0.15) is 36.5 Å². The molecule has 0 saturated carbocycles. The van der Waals surface area contributed by atoms with Crippen LogP contribution in [0.5, 0.6) is 0 Å². The van der Waals surface area contributed by atoms with Gasteiger partial charge < -0.3 is 10.4 Å². The zero-order chi connectivity index (χ0) is 21.5. The number of amides is 1. The number of aliphatic hydroxyl groups excluding tert-OH is 1. The minimum atomic E-state index is -0.745. The molecule has 0 aliphatic carbocycles. The summed E-state index contributed by atoms with van der Waals surface area (Å²) in [6.07, 6.45) is 1.17. The summed E-state index contributed by atoms with van der Waals surface area (Å²) >= 11 is 0. The largest absolute Gasteiger partial charge is 0.509 e. The molecular weight excluding hydrogens is 383 g/mol. The van der Waals surface area contributed by atoms with Gasteiger partial charge in [0.2, 0.25) is 0 Å². The third-order valence-corrected chi connectivity index (χ3v) is 6.24. The van der Waals surface area contributed by atoms with Crippen LogP contribution in [0.25, 0.3) is 16.7 Å². The molecule has 2 aromatic rings. The van der Waals surface area contributed by atoms with Crippen molar-refractivity contribution in [2.45, 2.75) is 39.2 Å². The lowest BCUT2D eigenvalue weighted by atomic mass is 9.84. The van der Waals surface area contributed by atoms with Gasteiger partial charge in [0.05, 0.1) is 12.2 Å². The summed E-state index contributed by atoms with van der Waals surface area (Å²) in [5, 5.41) is 16.2. The maximum Gasteiger partial charge on any atom is 0.256 e. The number of hydrogen-bond acceptors (Lipinski definition) is 4. The van der Waals surface area contributed by atoms with Crippen molar-refractivity contribution in [3.05, 3.63) is 64.7 Å². The lowest BCUT2D eigenvalue weighted by Crippen LogP contribution is -2.52. The van der Waals surface area contributed by atoms with E-state index in [1.54, 1.807) is 12.1 Å². The van der Waals surface area contributed by atoms with E-state index in [0.717, 1.165) is 27.8 Å². The van der Waals surface area contributed by atoms with Gasteiger partial charge in [-0.05, 0) is 73.6 Å². The van der Waals surface area contributed by atoms with Crippen molar-refractivity contribution < 1.29 is 19.1 Å². The zero-order valence-corrected chi connectivity index (χ0v) is 17.6. The van der Waals surface area contributed by atoms with Crippen LogP contribution >= 0.6 is 0 Å². The Balaban J connectivity index is 1.76. The van der Waals surface area contributed by atoms with Crippen LogP contribution in [0.4, 0.5) is 4.39 Å². The molecular formula is C24H27FN2O3. The van der Waals surface area contributed by atoms with Crippen molar-refractivity contribution in [3.8, 4) is 11.1 Å². The van der Waals surface area contributed by atoms with E-state index in [4.69, 9.17) is 4.84 Å². The first kappa shape index (κ1) is 20.6. The molecule has 1 spiro atoms. The van der Waals surface area contributed by atoms with Crippen molar-refractivity contribution in [2.24, 2.45) is 0 Å².